The molecule has 0 unspecified atom stereocenters. The summed E-state index contributed by atoms with van der Waals surface area (Å²) >= 11 is 4.90. The number of halogens is 1. The SMILES string of the molecule is CC(C)NC(=O)CSc1ccc(CO)cc1Br. The minimum atomic E-state index is 0.0252. The average molecular weight is 318 g/mol. The second-order valence-electron chi connectivity index (χ2n) is 3.93. The first-order chi connectivity index (χ1) is 8.02. The van der Waals surface area contributed by atoms with Crippen LogP contribution in [0.15, 0.2) is 27.6 Å². The fraction of sp³-hybridized carbons (Fsp3) is 0.417. The molecule has 0 aromatic heterocycles. The van der Waals surface area contributed by atoms with Crippen molar-refractivity contribution in [1.82, 2.24) is 5.32 Å². The lowest BCUT2D eigenvalue weighted by atomic mass is 10.2. The molecule has 0 aliphatic rings. The van der Waals surface area contributed by atoms with Gasteiger partial charge in [0.15, 0.2) is 0 Å². The van der Waals surface area contributed by atoms with Crippen LogP contribution in [0.1, 0.15) is 19.4 Å². The van der Waals surface area contributed by atoms with Gasteiger partial charge in [0.1, 0.15) is 0 Å². The van der Waals surface area contributed by atoms with E-state index in [0.29, 0.717) is 5.75 Å². The van der Waals surface area contributed by atoms with E-state index in [0.717, 1.165) is 14.9 Å². The van der Waals surface area contributed by atoms with Crippen LogP contribution in [0.3, 0.4) is 0 Å². The Balaban J connectivity index is 2.55. The Bertz CT molecular complexity index is 396. The third kappa shape index (κ3) is 5.10. The van der Waals surface area contributed by atoms with Crippen LogP contribution in [-0.2, 0) is 11.4 Å². The number of aliphatic hydroxyl groups is 1. The zero-order chi connectivity index (χ0) is 12.8. The molecule has 0 aliphatic heterocycles. The first-order valence-electron chi connectivity index (χ1n) is 5.34. The second-order valence-corrected chi connectivity index (χ2v) is 5.81. The number of nitrogens with one attached hydrogen (secondary N) is 1. The Morgan fingerprint density at radius 3 is 2.76 bits per heavy atom. The standard InChI is InChI=1S/C12H16BrNO2S/c1-8(2)14-12(16)7-17-11-4-3-9(6-15)5-10(11)13/h3-5,8,15H,6-7H2,1-2H3,(H,14,16). The predicted octanol–water partition coefficient (Wildman–Crippen LogP) is 2.56. The molecule has 0 heterocycles. The van der Waals surface area contributed by atoms with Crippen LogP contribution in [0.5, 0.6) is 0 Å². The van der Waals surface area contributed by atoms with Crippen LogP contribution in [0.25, 0.3) is 0 Å². The first kappa shape index (κ1) is 14.5. The highest BCUT2D eigenvalue weighted by atomic mass is 79.9. The van der Waals surface area contributed by atoms with Crippen molar-refractivity contribution in [2.45, 2.75) is 31.4 Å². The van der Waals surface area contributed by atoms with Crippen LogP contribution in [0.4, 0.5) is 0 Å². The monoisotopic (exact) mass is 317 g/mol. The van der Waals surface area contributed by atoms with Gasteiger partial charge >= 0.3 is 0 Å². The molecule has 1 aromatic rings. The van der Waals surface area contributed by atoms with Crippen LogP contribution in [0, 0.1) is 0 Å². The molecule has 0 spiro atoms. The molecule has 0 atom stereocenters. The van der Waals surface area contributed by atoms with E-state index in [1.165, 1.54) is 11.8 Å². The zero-order valence-electron chi connectivity index (χ0n) is 9.87. The highest BCUT2D eigenvalue weighted by Gasteiger charge is 2.07. The van der Waals surface area contributed by atoms with Gasteiger partial charge in [0.25, 0.3) is 0 Å². The molecular formula is C12H16BrNO2S. The highest BCUT2D eigenvalue weighted by Crippen LogP contribution is 2.28. The molecule has 0 saturated heterocycles. The number of benzene rings is 1. The normalized spacial score (nSPS) is 10.6. The van der Waals surface area contributed by atoms with Gasteiger partial charge in [-0.25, -0.2) is 0 Å². The largest absolute Gasteiger partial charge is 0.392 e. The van der Waals surface area contributed by atoms with Gasteiger partial charge in [-0.05, 0) is 47.5 Å². The fourth-order valence-corrected chi connectivity index (χ4v) is 2.77. The van der Waals surface area contributed by atoms with E-state index in [9.17, 15) is 4.79 Å². The number of amides is 1. The second kappa shape index (κ2) is 7.03. The van der Waals surface area contributed by atoms with Gasteiger partial charge < -0.3 is 10.4 Å². The molecule has 94 valence electrons. The number of aliphatic hydroxyl groups excluding tert-OH is 1. The van der Waals surface area contributed by atoms with Crippen molar-refractivity contribution in [3.63, 3.8) is 0 Å². The first-order valence-corrected chi connectivity index (χ1v) is 7.12. The van der Waals surface area contributed by atoms with Crippen LogP contribution < -0.4 is 5.32 Å². The number of hydrogen-bond donors (Lipinski definition) is 2. The van der Waals surface area contributed by atoms with E-state index >= 15 is 0 Å². The van der Waals surface area contributed by atoms with Crippen molar-refractivity contribution in [2.75, 3.05) is 5.75 Å². The maximum absolute atomic E-state index is 11.5. The summed E-state index contributed by atoms with van der Waals surface area (Å²) < 4.78 is 0.909. The number of carbonyl (C=O) groups excluding carboxylic acids is 1. The lowest BCUT2D eigenvalue weighted by Crippen LogP contribution is -2.31. The topological polar surface area (TPSA) is 49.3 Å². The molecule has 0 fully saturated rings. The minimum Gasteiger partial charge on any atom is -0.392 e. The van der Waals surface area contributed by atoms with E-state index in [1.807, 2.05) is 32.0 Å². The average Bonchev–Trinajstić information content (AvgIpc) is 2.26. The lowest BCUT2D eigenvalue weighted by molar-refractivity contribution is -0.119. The van der Waals surface area contributed by atoms with Crippen molar-refractivity contribution in [1.29, 1.82) is 0 Å². The number of rotatable bonds is 5. The van der Waals surface area contributed by atoms with Crippen molar-refractivity contribution in [3.05, 3.63) is 28.2 Å². The molecule has 0 saturated carbocycles. The Kier molecular flexibility index (Phi) is 6.02. The molecular weight excluding hydrogens is 302 g/mol. The predicted molar refractivity (Wildman–Crippen MR) is 74.1 cm³/mol. The Labute approximate surface area is 114 Å². The Morgan fingerprint density at radius 1 is 1.53 bits per heavy atom. The van der Waals surface area contributed by atoms with E-state index in [2.05, 4.69) is 21.2 Å². The van der Waals surface area contributed by atoms with Gasteiger partial charge in [-0.15, -0.1) is 11.8 Å². The molecule has 1 amide bonds. The third-order valence-corrected chi connectivity index (χ3v) is 3.98. The molecule has 2 N–H and O–H groups in total. The zero-order valence-corrected chi connectivity index (χ0v) is 12.3. The summed E-state index contributed by atoms with van der Waals surface area (Å²) in [6, 6.07) is 5.79. The van der Waals surface area contributed by atoms with Crippen molar-refractivity contribution >= 4 is 33.6 Å². The Morgan fingerprint density at radius 2 is 2.24 bits per heavy atom. The molecule has 1 rings (SSSR count). The molecule has 3 nitrogen and oxygen atoms in total. The molecule has 0 radical (unpaired) electrons. The summed E-state index contributed by atoms with van der Waals surface area (Å²) in [6.07, 6.45) is 0. The summed E-state index contributed by atoms with van der Waals surface area (Å²) in [5.74, 6) is 0.429. The Hall–Kier alpha value is -0.520. The maximum atomic E-state index is 11.5. The van der Waals surface area contributed by atoms with Gasteiger partial charge in [-0.1, -0.05) is 6.07 Å². The van der Waals surface area contributed by atoms with Gasteiger partial charge in [-0.3, -0.25) is 4.79 Å². The summed E-state index contributed by atoms with van der Waals surface area (Å²) in [4.78, 5) is 12.5. The van der Waals surface area contributed by atoms with Crippen LogP contribution in [0.2, 0.25) is 0 Å². The van der Waals surface area contributed by atoms with Gasteiger partial charge in [0.05, 0.1) is 12.4 Å². The van der Waals surface area contributed by atoms with Crippen molar-refractivity contribution in [3.8, 4) is 0 Å². The summed E-state index contributed by atoms with van der Waals surface area (Å²) in [5.41, 5.74) is 0.854. The molecule has 5 heteroatoms. The fourth-order valence-electron chi connectivity index (χ4n) is 1.27. The molecule has 17 heavy (non-hydrogen) atoms. The van der Waals surface area contributed by atoms with Crippen molar-refractivity contribution < 1.29 is 9.90 Å². The molecule has 0 bridgehead atoms. The summed E-state index contributed by atoms with van der Waals surface area (Å²) in [7, 11) is 0. The third-order valence-electron chi connectivity index (χ3n) is 1.99. The number of thioether (sulfide) groups is 1. The van der Waals surface area contributed by atoms with Crippen LogP contribution in [-0.4, -0.2) is 22.8 Å². The van der Waals surface area contributed by atoms with E-state index in [4.69, 9.17) is 5.11 Å². The number of carbonyl (C=O) groups is 1. The van der Waals surface area contributed by atoms with E-state index in [1.54, 1.807) is 0 Å². The van der Waals surface area contributed by atoms with E-state index in [-0.39, 0.29) is 18.6 Å². The molecule has 1 aromatic carbocycles. The van der Waals surface area contributed by atoms with Gasteiger partial charge in [0.2, 0.25) is 5.91 Å². The maximum Gasteiger partial charge on any atom is 0.230 e. The summed E-state index contributed by atoms with van der Waals surface area (Å²) in [6.45, 7) is 3.90. The smallest absolute Gasteiger partial charge is 0.230 e. The minimum absolute atomic E-state index is 0.0252. The lowest BCUT2D eigenvalue weighted by Gasteiger charge is -2.09. The van der Waals surface area contributed by atoms with Crippen LogP contribution >= 0.6 is 27.7 Å². The molecule has 0 aliphatic carbocycles. The van der Waals surface area contributed by atoms with E-state index < -0.39 is 0 Å². The summed E-state index contributed by atoms with van der Waals surface area (Å²) in [5, 5.41) is 11.8. The highest BCUT2D eigenvalue weighted by molar-refractivity contribution is 9.10. The quantitative estimate of drug-likeness (QED) is 0.821. The van der Waals surface area contributed by atoms with Crippen molar-refractivity contribution in [2.24, 2.45) is 0 Å². The number of hydrogen-bond acceptors (Lipinski definition) is 3. The van der Waals surface area contributed by atoms with Gasteiger partial charge in [0, 0.05) is 15.4 Å². The van der Waals surface area contributed by atoms with Gasteiger partial charge in [-0.2, -0.15) is 0 Å².